The average molecular weight is 325 g/mol. The van der Waals surface area contributed by atoms with Crippen molar-refractivity contribution in [3.8, 4) is 0 Å². The molecule has 104 valence electrons. The van der Waals surface area contributed by atoms with E-state index >= 15 is 0 Å². The van der Waals surface area contributed by atoms with Gasteiger partial charge in [0.1, 0.15) is 0 Å². The van der Waals surface area contributed by atoms with Crippen LogP contribution >= 0.6 is 34.7 Å². The minimum atomic E-state index is -0.276. The van der Waals surface area contributed by atoms with Crippen LogP contribution in [0.2, 0.25) is 5.02 Å². The molecule has 3 nitrogen and oxygen atoms in total. The number of thioether (sulfide) groups is 1. The maximum atomic E-state index is 11.9. The van der Waals surface area contributed by atoms with Crippen LogP contribution in [-0.2, 0) is 0 Å². The third-order valence-electron chi connectivity index (χ3n) is 2.49. The third kappa shape index (κ3) is 3.85. The number of hydrazone groups is 1. The topological polar surface area (TPSA) is 41.5 Å². The molecule has 1 aromatic carbocycles. The minimum Gasteiger partial charge on any atom is -0.267 e. The van der Waals surface area contributed by atoms with Gasteiger partial charge < -0.3 is 0 Å². The number of carbonyl (C=O) groups excluding carboxylic acids is 1. The number of amides is 1. The van der Waals surface area contributed by atoms with E-state index in [0.29, 0.717) is 10.6 Å². The first-order valence-electron chi connectivity index (χ1n) is 5.83. The van der Waals surface area contributed by atoms with Crippen LogP contribution in [0.4, 0.5) is 0 Å². The Balaban J connectivity index is 2.04. The number of aryl methyl sites for hydroxylation is 1. The number of rotatable bonds is 4. The smallest absolute Gasteiger partial charge is 0.267 e. The lowest BCUT2D eigenvalue weighted by molar-refractivity contribution is 0.0955. The van der Waals surface area contributed by atoms with Crippen LogP contribution in [-0.4, -0.2) is 18.4 Å². The molecular formula is C14H13ClN2OS2. The summed E-state index contributed by atoms with van der Waals surface area (Å²) in [7, 11) is 0. The normalized spacial score (nSPS) is 10.9. The molecule has 0 aliphatic heterocycles. The molecule has 1 aromatic heterocycles. The molecule has 0 unspecified atom stereocenters. The molecule has 20 heavy (non-hydrogen) atoms. The Morgan fingerprint density at radius 3 is 2.95 bits per heavy atom. The van der Waals surface area contributed by atoms with Gasteiger partial charge in [-0.05, 0) is 37.4 Å². The van der Waals surface area contributed by atoms with Crippen LogP contribution in [0.15, 0.2) is 39.6 Å². The number of hydrogen-bond acceptors (Lipinski definition) is 4. The van der Waals surface area contributed by atoms with Crippen LogP contribution in [0.3, 0.4) is 0 Å². The van der Waals surface area contributed by atoms with Crippen molar-refractivity contribution in [3.63, 3.8) is 0 Å². The fraction of sp³-hybridized carbons (Fsp3) is 0.143. The first-order chi connectivity index (χ1) is 9.60. The van der Waals surface area contributed by atoms with Crippen molar-refractivity contribution in [2.24, 2.45) is 5.10 Å². The fourth-order valence-electron chi connectivity index (χ4n) is 1.62. The van der Waals surface area contributed by atoms with Gasteiger partial charge in [0, 0.05) is 21.0 Å². The number of halogens is 1. The Labute approximate surface area is 131 Å². The second-order valence-corrected chi connectivity index (χ2v) is 6.78. The van der Waals surface area contributed by atoms with E-state index in [1.165, 1.54) is 9.09 Å². The van der Waals surface area contributed by atoms with Gasteiger partial charge in [-0.3, -0.25) is 4.79 Å². The van der Waals surface area contributed by atoms with E-state index in [1.807, 2.05) is 19.2 Å². The SMILES string of the molecule is CSc1sc(C)cc1C=NNC(=O)c1cccc(Cl)c1. The quantitative estimate of drug-likeness (QED) is 0.520. The number of nitrogens with zero attached hydrogens (tertiary/aromatic N) is 1. The summed E-state index contributed by atoms with van der Waals surface area (Å²) in [4.78, 5) is 13.1. The first kappa shape index (κ1) is 15.1. The van der Waals surface area contributed by atoms with E-state index in [9.17, 15) is 4.79 Å². The molecule has 0 fully saturated rings. The van der Waals surface area contributed by atoms with Crippen molar-refractivity contribution in [1.29, 1.82) is 0 Å². The van der Waals surface area contributed by atoms with Gasteiger partial charge in [-0.1, -0.05) is 17.7 Å². The lowest BCUT2D eigenvalue weighted by Gasteiger charge is -2.00. The van der Waals surface area contributed by atoms with Crippen molar-refractivity contribution in [1.82, 2.24) is 5.43 Å². The summed E-state index contributed by atoms with van der Waals surface area (Å²) in [6.45, 7) is 2.05. The summed E-state index contributed by atoms with van der Waals surface area (Å²) in [5.41, 5.74) is 4.01. The summed E-state index contributed by atoms with van der Waals surface area (Å²) in [5, 5.41) is 4.52. The van der Waals surface area contributed by atoms with Gasteiger partial charge in [-0.15, -0.1) is 23.1 Å². The Bertz CT molecular complexity index is 652. The molecular weight excluding hydrogens is 312 g/mol. The Hall–Kier alpha value is -1.30. The Kier molecular flexibility index (Phi) is 5.23. The highest BCUT2D eigenvalue weighted by Crippen LogP contribution is 2.28. The highest BCUT2D eigenvalue weighted by Gasteiger charge is 2.06. The van der Waals surface area contributed by atoms with Crippen molar-refractivity contribution < 1.29 is 4.79 Å². The summed E-state index contributed by atoms with van der Waals surface area (Å²) >= 11 is 9.23. The highest BCUT2D eigenvalue weighted by atomic mass is 35.5. The van der Waals surface area contributed by atoms with Crippen LogP contribution in [0.5, 0.6) is 0 Å². The molecule has 0 radical (unpaired) electrons. The predicted octanol–water partition coefficient (Wildman–Crippen LogP) is 4.20. The number of hydrogen-bond donors (Lipinski definition) is 1. The van der Waals surface area contributed by atoms with Gasteiger partial charge in [0.15, 0.2) is 0 Å². The summed E-state index contributed by atoms with van der Waals surface area (Å²) in [5.74, 6) is -0.276. The fourth-order valence-corrected chi connectivity index (χ4v) is 3.59. The van der Waals surface area contributed by atoms with Gasteiger partial charge in [-0.25, -0.2) is 5.43 Å². The second kappa shape index (κ2) is 6.92. The molecule has 0 aliphatic rings. The molecule has 0 spiro atoms. The largest absolute Gasteiger partial charge is 0.271 e. The zero-order valence-electron chi connectivity index (χ0n) is 11.0. The molecule has 0 saturated heterocycles. The maximum absolute atomic E-state index is 11.9. The van der Waals surface area contributed by atoms with Crippen molar-refractivity contribution >= 4 is 46.8 Å². The van der Waals surface area contributed by atoms with Crippen LogP contribution in [0.1, 0.15) is 20.8 Å². The average Bonchev–Trinajstić information content (AvgIpc) is 2.79. The standard InChI is InChI=1S/C14H13ClN2OS2/c1-9-6-11(14(19-2)20-9)8-16-17-13(18)10-4-3-5-12(15)7-10/h3-8H,1-2H3,(H,17,18). The summed E-state index contributed by atoms with van der Waals surface area (Å²) < 4.78 is 1.18. The molecule has 1 heterocycles. The van der Waals surface area contributed by atoms with Crippen molar-refractivity contribution in [3.05, 3.63) is 51.4 Å². The molecule has 1 amide bonds. The zero-order valence-corrected chi connectivity index (χ0v) is 13.4. The number of nitrogens with one attached hydrogen (secondary N) is 1. The van der Waals surface area contributed by atoms with E-state index in [4.69, 9.17) is 11.6 Å². The van der Waals surface area contributed by atoms with Gasteiger partial charge in [0.2, 0.25) is 0 Å². The van der Waals surface area contributed by atoms with Gasteiger partial charge in [0.25, 0.3) is 5.91 Å². The van der Waals surface area contributed by atoms with Gasteiger partial charge >= 0.3 is 0 Å². The van der Waals surface area contributed by atoms with Crippen molar-refractivity contribution in [2.75, 3.05) is 6.26 Å². The molecule has 0 aliphatic carbocycles. The zero-order chi connectivity index (χ0) is 14.5. The Morgan fingerprint density at radius 2 is 2.25 bits per heavy atom. The lowest BCUT2D eigenvalue weighted by Crippen LogP contribution is -2.17. The van der Waals surface area contributed by atoms with Crippen LogP contribution in [0.25, 0.3) is 0 Å². The monoisotopic (exact) mass is 324 g/mol. The number of thiophene rings is 1. The second-order valence-electron chi connectivity index (χ2n) is 4.01. The molecule has 0 atom stereocenters. The maximum Gasteiger partial charge on any atom is 0.271 e. The molecule has 2 aromatic rings. The van der Waals surface area contributed by atoms with E-state index in [0.717, 1.165) is 5.56 Å². The summed E-state index contributed by atoms with van der Waals surface area (Å²) in [6.07, 6.45) is 3.69. The molecule has 1 N–H and O–H groups in total. The third-order valence-corrected chi connectivity index (χ3v) is 4.94. The van der Waals surface area contributed by atoms with E-state index in [-0.39, 0.29) is 5.91 Å². The Morgan fingerprint density at radius 1 is 1.45 bits per heavy atom. The highest BCUT2D eigenvalue weighted by molar-refractivity contribution is 8.00. The minimum absolute atomic E-state index is 0.276. The van der Waals surface area contributed by atoms with E-state index < -0.39 is 0 Å². The van der Waals surface area contributed by atoms with E-state index in [1.54, 1.807) is 53.6 Å². The van der Waals surface area contributed by atoms with E-state index in [2.05, 4.69) is 10.5 Å². The summed E-state index contributed by atoms with van der Waals surface area (Å²) in [6, 6.07) is 8.80. The molecule has 6 heteroatoms. The number of carbonyl (C=O) groups is 1. The number of benzene rings is 1. The van der Waals surface area contributed by atoms with Gasteiger partial charge in [-0.2, -0.15) is 5.10 Å². The lowest BCUT2D eigenvalue weighted by atomic mass is 10.2. The molecule has 0 saturated carbocycles. The van der Waals surface area contributed by atoms with Crippen LogP contribution in [0, 0.1) is 6.92 Å². The van der Waals surface area contributed by atoms with Gasteiger partial charge in [0.05, 0.1) is 10.4 Å². The predicted molar refractivity (Wildman–Crippen MR) is 87.3 cm³/mol. The molecule has 0 bridgehead atoms. The van der Waals surface area contributed by atoms with Crippen LogP contribution < -0.4 is 5.43 Å². The first-order valence-corrected chi connectivity index (χ1v) is 8.25. The molecule has 2 rings (SSSR count). The van der Waals surface area contributed by atoms with Crippen molar-refractivity contribution in [2.45, 2.75) is 11.1 Å².